The van der Waals surface area contributed by atoms with Crippen molar-refractivity contribution in [3.05, 3.63) is 68.5 Å². The van der Waals surface area contributed by atoms with Gasteiger partial charge in [-0.3, -0.25) is 9.59 Å². The Morgan fingerprint density at radius 1 is 1.24 bits per heavy atom. The molecule has 1 amide bonds. The summed E-state index contributed by atoms with van der Waals surface area (Å²) in [6, 6.07) is 12.5. The monoisotopic (exact) mass is 401 g/mol. The van der Waals surface area contributed by atoms with E-state index in [1.807, 2.05) is 18.2 Å². The molecule has 0 spiro atoms. The normalized spacial score (nSPS) is 10.7. The van der Waals surface area contributed by atoms with E-state index >= 15 is 0 Å². The zero-order chi connectivity index (χ0) is 18.0. The number of carbonyl (C=O) groups excluding carboxylic acids is 1. The van der Waals surface area contributed by atoms with Crippen LogP contribution < -0.4 is 15.6 Å². The summed E-state index contributed by atoms with van der Waals surface area (Å²) in [7, 11) is 3.12. The van der Waals surface area contributed by atoms with E-state index in [9.17, 15) is 9.59 Å². The van der Waals surface area contributed by atoms with Crippen LogP contribution in [0.3, 0.4) is 0 Å². The molecule has 0 aliphatic heterocycles. The Kier molecular flexibility index (Phi) is 4.85. The minimum atomic E-state index is -0.338. The molecule has 0 fully saturated rings. The molecule has 2 aromatic carbocycles. The number of ether oxygens (including phenoxy) is 1. The highest BCUT2D eigenvalue weighted by Crippen LogP contribution is 2.23. The number of nitrogens with zero attached hydrogens (tertiary/aromatic N) is 2. The van der Waals surface area contributed by atoms with Gasteiger partial charge in [0.15, 0.2) is 5.69 Å². The van der Waals surface area contributed by atoms with Crippen LogP contribution in [0.15, 0.2) is 51.7 Å². The van der Waals surface area contributed by atoms with Crippen LogP contribution in [0.5, 0.6) is 5.75 Å². The number of fused-ring (bicyclic) bond motifs is 1. The lowest BCUT2D eigenvalue weighted by molar-refractivity contribution is 0.0957. The van der Waals surface area contributed by atoms with Gasteiger partial charge < -0.3 is 10.1 Å². The van der Waals surface area contributed by atoms with Crippen molar-refractivity contribution in [1.82, 2.24) is 15.1 Å². The minimum Gasteiger partial charge on any atom is -0.497 e. The quantitative estimate of drug-likeness (QED) is 0.728. The van der Waals surface area contributed by atoms with Crippen LogP contribution in [0, 0.1) is 0 Å². The number of hydrogen-bond acceptors (Lipinski definition) is 4. The maximum Gasteiger partial charge on any atom is 0.274 e. The molecule has 0 unspecified atom stereocenters. The zero-order valence-electron chi connectivity index (χ0n) is 13.7. The first kappa shape index (κ1) is 17.2. The molecule has 3 aromatic rings. The first-order valence-electron chi connectivity index (χ1n) is 7.59. The smallest absolute Gasteiger partial charge is 0.274 e. The van der Waals surface area contributed by atoms with Gasteiger partial charge >= 0.3 is 0 Å². The predicted octanol–water partition coefficient (Wildman–Crippen LogP) is 2.58. The van der Waals surface area contributed by atoms with Gasteiger partial charge in [-0.25, -0.2) is 4.68 Å². The number of halogens is 1. The second kappa shape index (κ2) is 7.06. The maximum atomic E-state index is 12.8. The topological polar surface area (TPSA) is 73.2 Å². The number of amides is 1. The van der Waals surface area contributed by atoms with Gasteiger partial charge in [0.25, 0.3) is 11.5 Å². The molecule has 0 atom stereocenters. The van der Waals surface area contributed by atoms with Crippen molar-refractivity contribution in [3.63, 3.8) is 0 Å². The molecule has 0 saturated carbocycles. The Labute approximate surface area is 152 Å². The molecule has 0 aliphatic carbocycles. The van der Waals surface area contributed by atoms with E-state index in [-0.39, 0.29) is 23.7 Å². The van der Waals surface area contributed by atoms with E-state index in [1.54, 1.807) is 31.4 Å². The van der Waals surface area contributed by atoms with E-state index in [4.69, 9.17) is 4.74 Å². The number of rotatable bonds is 4. The number of aromatic nitrogens is 2. The van der Waals surface area contributed by atoms with Gasteiger partial charge in [-0.15, -0.1) is 0 Å². The van der Waals surface area contributed by atoms with Crippen molar-refractivity contribution in [2.75, 3.05) is 14.2 Å². The minimum absolute atomic E-state index is 0.214. The summed E-state index contributed by atoms with van der Waals surface area (Å²) >= 11 is 3.47. The van der Waals surface area contributed by atoms with Gasteiger partial charge in [0, 0.05) is 16.9 Å². The molecule has 7 heteroatoms. The highest BCUT2D eigenvalue weighted by atomic mass is 79.9. The molecule has 0 saturated heterocycles. The van der Waals surface area contributed by atoms with Crippen molar-refractivity contribution in [2.24, 2.45) is 0 Å². The first-order chi connectivity index (χ1) is 12.0. The molecule has 0 bridgehead atoms. The van der Waals surface area contributed by atoms with E-state index in [1.165, 1.54) is 11.7 Å². The fourth-order valence-corrected chi connectivity index (χ4v) is 2.96. The predicted molar refractivity (Wildman–Crippen MR) is 99.2 cm³/mol. The van der Waals surface area contributed by atoms with E-state index in [0.717, 1.165) is 10.0 Å². The fourth-order valence-electron chi connectivity index (χ4n) is 2.59. The Morgan fingerprint density at radius 2 is 1.96 bits per heavy atom. The van der Waals surface area contributed by atoms with E-state index in [0.29, 0.717) is 16.5 Å². The average molecular weight is 402 g/mol. The Hall–Kier alpha value is -2.67. The molecule has 0 radical (unpaired) electrons. The van der Waals surface area contributed by atoms with Gasteiger partial charge in [-0.1, -0.05) is 34.1 Å². The Balaban J connectivity index is 2.18. The van der Waals surface area contributed by atoms with E-state index < -0.39 is 0 Å². The lowest BCUT2D eigenvalue weighted by atomic mass is 10.1. The average Bonchev–Trinajstić information content (AvgIpc) is 2.65. The summed E-state index contributed by atoms with van der Waals surface area (Å²) in [5, 5.41) is 7.85. The Morgan fingerprint density at radius 3 is 2.64 bits per heavy atom. The lowest BCUT2D eigenvalue weighted by Crippen LogP contribution is -2.29. The largest absolute Gasteiger partial charge is 0.497 e. The molecule has 6 nitrogen and oxygen atoms in total. The number of hydrogen-bond donors (Lipinski definition) is 1. The van der Waals surface area contributed by atoms with Crippen LogP contribution in [0.25, 0.3) is 10.8 Å². The summed E-state index contributed by atoms with van der Waals surface area (Å²) in [6.07, 6.45) is 0. The van der Waals surface area contributed by atoms with E-state index in [2.05, 4.69) is 26.3 Å². The maximum absolute atomic E-state index is 12.8. The third-order valence-electron chi connectivity index (χ3n) is 3.88. The third-order valence-corrected chi connectivity index (χ3v) is 4.66. The van der Waals surface area contributed by atoms with Gasteiger partial charge in [-0.05, 0) is 29.8 Å². The van der Waals surface area contributed by atoms with Crippen LogP contribution in [0.2, 0.25) is 0 Å². The molecular formula is C18H16BrN3O3. The highest BCUT2D eigenvalue weighted by Gasteiger charge is 2.16. The summed E-state index contributed by atoms with van der Waals surface area (Å²) < 4.78 is 7.36. The highest BCUT2D eigenvalue weighted by molar-refractivity contribution is 9.10. The second-order valence-corrected chi connectivity index (χ2v) is 6.25. The third kappa shape index (κ3) is 3.28. The molecular weight excluding hydrogens is 386 g/mol. The van der Waals surface area contributed by atoms with Crippen molar-refractivity contribution in [1.29, 1.82) is 0 Å². The lowest BCUT2D eigenvalue weighted by Gasteiger charge is -2.12. The molecule has 1 N–H and O–H groups in total. The number of carbonyl (C=O) groups is 1. The van der Waals surface area contributed by atoms with Crippen molar-refractivity contribution >= 4 is 32.6 Å². The molecule has 3 rings (SSSR count). The molecule has 0 aliphatic rings. The Bertz CT molecular complexity index is 1010. The standard InChI is InChI=1S/C18H16BrN3O3/c1-20-17(23)16-13-5-3-4-6-14(13)18(24)22(21-16)10-11-9-12(25-2)7-8-15(11)19/h3-9H,10H2,1-2H3,(H,20,23). The zero-order valence-corrected chi connectivity index (χ0v) is 15.3. The molecule has 25 heavy (non-hydrogen) atoms. The van der Waals surface area contributed by atoms with Crippen molar-refractivity contribution in [2.45, 2.75) is 6.54 Å². The number of benzene rings is 2. The SMILES string of the molecule is CNC(=O)c1nn(Cc2cc(OC)ccc2Br)c(=O)c2ccccc12. The summed E-state index contributed by atoms with van der Waals surface area (Å²) in [4.78, 5) is 25.0. The summed E-state index contributed by atoms with van der Waals surface area (Å²) in [5.74, 6) is 0.341. The number of nitrogens with one attached hydrogen (secondary N) is 1. The van der Waals surface area contributed by atoms with Gasteiger partial charge in [0.05, 0.1) is 19.0 Å². The van der Waals surface area contributed by atoms with Crippen LogP contribution >= 0.6 is 15.9 Å². The van der Waals surface area contributed by atoms with Crippen LogP contribution in [0.1, 0.15) is 16.1 Å². The van der Waals surface area contributed by atoms with Crippen LogP contribution in [-0.4, -0.2) is 29.8 Å². The van der Waals surface area contributed by atoms with Crippen LogP contribution in [-0.2, 0) is 6.54 Å². The number of methoxy groups -OCH3 is 1. The summed E-state index contributed by atoms with van der Waals surface area (Å²) in [5.41, 5.74) is 0.793. The summed E-state index contributed by atoms with van der Waals surface area (Å²) in [6.45, 7) is 0.214. The van der Waals surface area contributed by atoms with Crippen molar-refractivity contribution < 1.29 is 9.53 Å². The fraction of sp³-hybridized carbons (Fsp3) is 0.167. The molecule has 128 valence electrons. The van der Waals surface area contributed by atoms with Gasteiger partial charge in [0.1, 0.15) is 5.75 Å². The van der Waals surface area contributed by atoms with Crippen LogP contribution in [0.4, 0.5) is 0 Å². The van der Waals surface area contributed by atoms with Gasteiger partial charge in [0.2, 0.25) is 0 Å². The molecule has 1 heterocycles. The second-order valence-electron chi connectivity index (χ2n) is 5.39. The van der Waals surface area contributed by atoms with Crippen molar-refractivity contribution in [3.8, 4) is 5.75 Å². The van der Waals surface area contributed by atoms with Gasteiger partial charge in [-0.2, -0.15) is 5.10 Å². The first-order valence-corrected chi connectivity index (χ1v) is 8.38. The molecule has 1 aromatic heterocycles.